The highest BCUT2D eigenvalue weighted by molar-refractivity contribution is 7.96. The number of rotatable bonds is 7. The molecule has 1 aromatic carbocycles. The van der Waals surface area contributed by atoms with E-state index in [9.17, 15) is 0 Å². The normalized spacial score (nSPS) is 27.7. The van der Waals surface area contributed by atoms with Gasteiger partial charge in [0, 0.05) is 31.2 Å². The highest BCUT2D eigenvalue weighted by Gasteiger charge is 2.31. The number of benzene rings is 1. The van der Waals surface area contributed by atoms with Crippen LogP contribution in [0.1, 0.15) is 43.6 Å². The number of hydrogen-bond donors (Lipinski definition) is 1. The van der Waals surface area contributed by atoms with Gasteiger partial charge in [-0.1, -0.05) is 48.3 Å². The highest BCUT2D eigenvalue weighted by atomic mass is 32.2. The Labute approximate surface area is 179 Å². The first kappa shape index (κ1) is 20.7. The zero-order valence-electron chi connectivity index (χ0n) is 17.4. The van der Waals surface area contributed by atoms with Gasteiger partial charge in [0.2, 0.25) is 0 Å². The van der Waals surface area contributed by atoms with E-state index in [4.69, 9.17) is 4.74 Å². The zero-order chi connectivity index (χ0) is 19.9. The number of nitrogens with zero attached hydrogens (tertiary/aromatic N) is 2. The third kappa shape index (κ3) is 5.53. The molecule has 1 saturated carbocycles. The fourth-order valence-electron chi connectivity index (χ4n) is 4.80. The summed E-state index contributed by atoms with van der Waals surface area (Å²) in [5.74, 6) is 2.28. The Bertz CT molecular complexity index is 721. The summed E-state index contributed by atoms with van der Waals surface area (Å²) in [6.07, 6.45) is 10.4. The molecule has 2 fully saturated rings. The second-order valence-electron chi connectivity index (χ2n) is 8.33. The molecule has 0 bridgehead atoms. The SMILES string of the molecule is CSNC1CCN(c2ccccn2)C[C@H]1COC1CCC(c2ccccc2)CC1. The third-order valence-corrected chi connectivity index (χ3v) is 7.01. The molecule has 2 atom stereocenters. The van der Waals surface area contributed by atoms with E-state index in [0.29, 0.717) is 24.0 Å². The van der Waals surface area contributed by atoms with E-state index in [0.717, 1.165) is 31.9 Å². The van der Waals surface area contributed by atoms with Crippen LogP contribution in [0.2, 0.25) is 0 Å². The molecule has 1 aliphatic heterocycles. The Hall–Kier alpha value is -1.56. The minimum absolute atomic E-state index is 0.412. The molecule has 2 aromatic rings. The number of piperidine rings is 1. The molecule has 2 heterocycles. The van der Waals surface area contributed by atoms with E-state index in [2.05, 4.69) is 63.3 Å². The number of ether oxygens (including phenoxy) is 1. The van der Waals surface area contributed by atoms with Gasteiger partial charge >= 0.3 is 0 Å². The van der Waals surface area contributed by atoms with Crippen LogP contribution < -0.4 is 9.62 Å². The van der Waals surface area contributed by atoms with E-state index in [1.165, 1.54) is 31.2 Å². The highest BCUT2D eigenvalue weighted by Crippen LogP contribution is 2.34. The van der Waals surface area contributed by atoms with Gasteiger partial charge in [0.05, 0.1) is 12.7 Å². The molecule has 4 nitrogen and oxygen atoms in total. The van der Waals surface area contributed by atoms with E-state index in [1.54, 1.807) is 11.9 Å². The van der Waals surface area contributed by atoms with Crippen molar-refractivity contribution >= 4 is 17.8 Å². The lowest BCUT2D eigenvalue weighted by Gasteiger charge is -2.40. The summed E-state index contributed by atoms with van der Waals surface area (Å²) < 4.78 is 10.1. The smallest absolute Gasteiger partial charge is 0.128 e. The lowest BCUT2D eigenvalue weighted by atomic mass is 9.82. The minimum atomic E-state index is 0.412. The Morgan fingerprint density at radius 2 is 1.83 bits per heavy atom. The predicted octanol–water partition coefficient (Wildman–Crippen LogP) is 4.89. The van der Waals surface area contributed by atoms with Gasteiger partial charge in [-0.3, -0.25) is 4.72 Å². The van der Waals surface area contributed by atoms with Crippen molar-refractivity contribution in [3.05, 3.63) is 60.3 Å². The van der Waals surface area contributed by atoms with Crippen molar-refractivity contribution in [1.82, 2.24) is 9.71 Å². The Kier molecular flexibility index (Phi) is 7.47. The first-order chi connectivity index (χ1) is 14.3. The molecule has 1 aliphatic carbocycles. The van der Waals surface area contributed by atoms with E-state index in [-0.39, 0.29) is 0 Å². The Morgan fingerprint density at radius 1 is 1.03 bits per heavy atom. The fraction of sp³-hybridized carbons (Fsp3) is 0.542. The van der Waals surface area contributed by atoms with Gasteiger partial charge in [-0.15, -0.1) is 0 Å². The second-order valence-corrected chi connectivity index (χ2v) is 8.97. The van der Waals surface area contributed by atoms with Crippen LogP contribution >= 0.6 is 11.9 Å². The zero-order valence-corrected chi connectivity index (χ0v) is 18.2. The molecular formula is C24H33N3OS. The van der Waals surface area contributed by atoms with E-state index >= 15 is 0 Å². The molecule has 156 valence electrons. The number of aromatic nitrogens is 1. The summed E-state index contributed by atoms with van der Waals surface area (Å²) in [7, 11) is 0. The van der Waals surface area contributed by atoms with Gasteiger partial charge in [0.1, 0.15) is 5.82 Å². The van der Waals surface area contributed by atoms with Crippen molar-refractivity contribution in [2.45, 2.75) is 50.2 Å². The van der Waals surface area contributed by atoms with Crippen LogP contribution in [-0.4, -0.2) is 43.1 Å². The lowest BCUT2D eigenvalue weighted by molar-refractivity contribution is -0.00197. The molecule has 5 heteroatoms. The molecule has 1 saturated heterocycles. The Balaban J connectivity index is 1.29. The molecule has 0 spiro atoms. The van der Waals surface area contributed by atoms with Gasteiger partial charge in [0.15, 0.2) is 0 Å². The molecule has 0 amide bonds. The Morgan fingerprint density at radius 3 is 2.55 bits per heavy atom. The van der Waals surface area contributed by atoms with Crippen LogP contribution in [0.15, 0.2) is 54.7 Å². The largest absolute Gasteiger partial charge is 0.378 e. The van der Waals surface area contributed by atoms with Crippen LogP contribution in [-0.2, 0) is 4.74 Å². The maximum Gasteiger partial charge on any atom is 0.128 e. The second kappa shape index (κ2) is 10.5. The van der Waals surface area contributed by atoms with Gasteiger partial charge in [-0.05, 0) is 62.0 Å². The lowest BCUT2D eigenvalue weighted by Crippen LogP contribution is -2.50. The summed E-state index contributed by atoms with van der Waals surface area (Å²) in [6.45, 7) is 2.89. The predicted molar refractivity (Wildman–Crippen MR) is 122 cm³/mol. The van der Waals surface area contributed by atoms with Crippen LogP contribution in [0.5, 0.6) is 0 Å². The standard InChI is InChI=1S/C24H33N3OS/c1-29-26-23-14-16-27(24-9-5-6-15-25-24)17-21(23)18-28-22-12-10-20(11-13-22)19-7-3-2-4-8-19/h2-9,15,20-23,26H,10-14,16-18H2,1H3/t20?,21-,22?,23?/m0/s1. The molecule has 1 N–H and O–H groups in total. The van der Waals surface area contributed by atoms with Crippen LogP contribution in [0.4, 0.5) is 5.82 Å². The molecule has 2 aliphatic rings. The van der Waals surface area contributed by atoms with Crippen molar-refractivity contribution in [3.8, 4) is 0 Å². The van der Waals surface area contributed by atoms with Crippen molar-refractivity contribution in [1.29, 1.82) is 0 Å². The fourth-order valence-corrected chi connectivity index (χ4v) is 5.42. The van der Waals surface area contributed by atoms with Gasteiger partial charge in [-0.2, -0.15) is 0 Å². The van der Waals surface area contributed by atoms with Crippen LogP contribution in [0, 0.1) is 5.92 Å². The molecule has 29 heavy (non-hydrogen) atoms. The summed E-state index contributed by atoms with van der Waals surface area (Å²) in [5, 5.41) is 0. The monoisotopic (exact) mass is 411 g/mol. The average Bonchev–Trinajstić information content (AvgIpc) is 2.80. The minimum Gasteiger partial charge on any atom is -0.378 e. The van der Waals surface area contributed by atoms with E-state index in [1.807, 2.05) is 12.3 Å². The first-order valence-electron chi connectivity index (χ1n) is 10.9. The maximum absolute atomic E-state index is 6.47. The average molecular weight is 412 g/mol. The van der Waals surface area contributed by atoms with Crippen LogP contribution in [0.25, 0.3) is 0 Å². The molecule has 4 rings (SSSR count). The molecule has 1 unspecified atom stereocenters. The van der Waals surface area contributed by atoms with Gasteiger partial charge in [0.25, 0.3) is 0 Å². The number of hydrogen-bond acceptors (Lipinski definition) is 5. The molecular weight excluding hydrogens is 378 g/mol. The van der Waals surface area contributed by atoms with Crippen molar-refractivity contribution < 1.29 is 4.74 Å². The third-order valence-electron chi connectivity index (χ3n) is 6.47. The van der Waals surface area contributed by atoms with Crippen molar-refractivity contribution in [3.63, 3.8) is 0 Å². The summed E-state index contributed by atoms with van der Waals surface area (Å²) in [4.78, 5) is 6.97. The summed E-state index contributed by atoms with van der Waals surface area (Å²) in [6, 6.07) is 17.7. The van der Waals surface area contributed by atoms with Crippen molar-refractivity contribution in [2.75, 3.05) is 30.9 Å². The van der Waals surface area contributed by atoms with Crippen molar-refractivity contribution in [2.24, 2.45) is 5.92 Å². The quantitative estimate of drug-likeness (QED) is 0.657. The maximum atomic E-state index is 6.47. The topological polar surface area (TPSA) is 37.4 Å². The number of pyridine rings is 1. The number of nitrogens with one attached hydrogen (secondary N) is 1. The number of anilines is 1. The van der Waals surface area contributed by atoms with E-state index < -0.39 is 0 Å². The molecule has 0 radical (unpaired) electrons. The molecule has 1 aromatic heterocycles. The van der Waals surface area contributed by atoms with Gasteiger partial charge in [-0.25, -0.2) is 4.98 Å². The summed E-state index contributed by atoms with van der Waals surface area (Å²) >= 11 is 1.73. The first-order valence-corrected chi connectivity index (χ1v) is 12.2. The van der Waals surface area contributed by atoms with Crippen LogP contribution in [0.3, 0.4) is 0 Å². The summed E-state index contributed by atoms with van der Waals surface area (Å²) in [5.41, 5.74) is 1.49. The van der Waals surface area contributed by atoms with Gasteiger partial charge < -0.3 is 9.64 Å².